The highest BCUT2D eigenvalue weighted by Gasteiger charge is 2.26. The topological polar surface area (TPSA) is 33.1 Å². The molecule has 1 N–H and O–H groups in total. The Bertz CT molecular complexity index is 381. The molecule has 2 fully saturated rings. The van der Waals surface area contributed by atoms with Gasteiger partial charge in [0.1, 0.15) is 0 Å². The molecule has 0 radical (unpaired) electrons. The molecule has 0 aliphatic carbocycles. The van der Waals surface area contributed by atoms with E-state index >= 15 is 0 Å². The van der Waals surface area contributed by atoms with Crippen molar-refractivity contribution < 1.29 is 0 Å². The zero-order valence-electron chi connectivity index (χ0n) is 11.3. The molecule has 2 unspecified atom stereocenters. The molecular formula is C14H24N4. The first-order valence-electron chi connectivity index (χ1n) is 7.33. The lowest BCUT2D eigenvalue weighted by atomic mass is 10.1. The number of nitrogens with one attached hydrogen (secondary N) is 1. The van der Waals surface area contributed by atoms with Gasteiger partial charge in [-0.1, -0.05) is 6.92 Å². The highest BCUT2D eigenvalue weighted by atomic mass is 15.2. The van der Waals surface area contributed by atoms with Crippen molar-refractivity contribution in [2.24, 2.45) is 0 Å². The van der Waals surface area contributed by atoms with Crippen LogP contribution in [0.1, 0.15) is 37.8 Å². The van der Waals surface area contributed by atoms with Gasteiger partial charge in [0.2, 0.25) is 0 Å². The van der Waals surface area contributed by atoms with E-state index in [4.69, 9.17) is 0 Å². The van der Waals surface area contributed by atoms with Gasteiger partial charge in [-0.2, -0.15) is 0 Å². The van der Waals surface area contributed by atoms with Crippen molar-refractivity contribution in [1.29, 1.82) is 0 Å². The van der Waals surface area contributed by atoms with Crippen molar-refractivity contribution in [3.8, 4) is 0 Å². The first-order valence-corrected chi connectivity index (χ1v) is 7.33. The van der Waals surface area contributed by atoms with E-state index < -0.39 is 0 Å². The standard InChI is InChI=1S/C14H24N4/c1-2-17-7-3-4-13(17)10-18-11-16-9-14(18)12-5-6-15-8-12/h9,11-13,15H,2-8,10H2,1H3. The summed E-state index contributed by atoms with van der Waals surface area (Å²) in [6.07, 6.45) is 8.05. The minimum Gasteiger partial charge on any atom is -0.333 e. The van der Waals surface area contributed by atoms with E-state index in [1.54, 1.807) is 0 Å². The number of hydrogen-bond acceptors (Lipinski definition) is 3. The van der Waals surface area contributed by atoms with Crippen LogP contribution in [-0.2, 0) is 6.54 Å². The largest absolute Gasteiger partial charge is 0.333 e. The van der Waals surface area contributed by atoms with E-state index in [-0.39, 0.29) is 0 Å². The molecule has 2 atom stereocenters. The van der Waals surface area contributed by atoms with Gasteiger partial charge >= 0.3 is 0 Å². The van der Waals surface area contributed by atoms with Crippen LogP contribution in [0.3, 0.4) is 0 Å². The van der Waals surface area contributed by atoms with Crippen LogP contribution in [0.15, 0.2) is 12.5 Å². The summed E-state index contributed by atoms with van der Waals surface area (Å²) < 4.78 is 2.40. The summed E-state index contributed by atoms with van der Waals surface area (Å²) in [5.74, 6) is 0.670. The van der Waals surface area contributed by atoms with Gasteiger partial charge in [0.25, 0.3) is 0 Å². The fourth-order valence-corrected chi connectivity index (χ4v) is 3.48. The molecule has 0 aromatic carbocycles. The molecular weight excluding hydrogens is 224 g/mol. The van der Waals surface area contributed by atoms with Gasteiger partial charge in [0, 0.05) is 36.9 Å². The van der Waals surface area contributed by atoms with Crippen LogP contribution < -0.4 is 5.32 Å². The summed E-state index contributed by atoms with van der Waals surface area (Å²) in [7, 11) is 0. The van der Waals surface area contributed by atoms with Crippen molar-refractivity contribution >= 4 is 0 Å². The highest BCUT2D eigenvalue weighted by Crippen LogP contribution is 2.24. The van der Waals surface area contributed by atoms with E-state index in [9.17, 15) is 0 Å². The van der Waals surface area contributed by atoms with Crippen LogP contribution in [0.25, 0.3) is 0 Å². The number of hydrogen-bond donors (Lipinski definition) is 1. The summed E-state index contributed by atoms with van der Waals surface area (Å²) >= 11 is 0. The number of imidazole rings is 1. The Morgan fingerprint density at radius 1 is 1.44 bits per heavy atom. The lowest BCUT2D eigenvalue weighted by Gasteiger charge is -2.24. The fourth-order valence-electron chi connectivity index (χ4n) is 3.48. The molecule has 0 amide bonds. The van der Waals surface area contributed by atoms with Crippen LogP contribution in [0.5, 0.6) is 0 Å². The summed E-state index contributed by atoms with van der Waals surface area (Å²) in [6.45, 7) is 8.12. The van der Waals surface area contributed by atoms with Crippen LogP contribution in [0.4, 0.5) is 0 Å². The Morgan fingerprint density at radius 3 is 3.17 bits per heavy atom. The maximum absolute atomic E-state index is 4.38. The number of likely N-dealkylation sites (tertiary alicyclic amines) is 1. The third-order valence-corrected chi connectivity index (χ3v) is 4.54. The second-order valence-corrected chi connectivity index (χ2v) is 5.59. The molecule has 2 aliphatic rings. The van der Waals surface area contributed by atoms with E-state index in [1.807, 2.05) is 6.33 Å². The molecule has 0 spiro atoms. The molecule has 2 aliphatic heterocycles. The average molecular weight is 248 g/mol. The molecule has 1 aromatic heterocycles. The minimum atomic E-state index is 0.670. The van der Waals surface area contributed by atoms with Gasteiger partial charge in [0.05, 0.1) is 6.33 Å². The number of nitrogens with zero attached hydrogens (tertiary/aromatic N) is 3. The van der Waals surface area contributed by atoms with Gasteiger partial charge < -0.3 is 9.88 Å². The summed E-state index contributed by atoms with van der Waals surface area (Å²) in [4.78, 5) is 6.98. The van der Waals surface area contributed by atoms with Crippen LogP contribution >= 0.6 is 0 Å². The van der Waals surface area contributed by atoms with Crippen molar-refractivity contribution in [2.75, 3.05) is 26.2 Å². The zero-order valence-corrected chi connectivity index (χ0v) is 11.3. The fraction of sp³-hybridized carbons (Fsp3) is 0.786. The lowest BCUT2D eigenvalue weighted by molar-refractivity contribution is 0.242. The molecule has 18 heavy (non-hydrogen) atoms. The number of aromatic nitrogens is 2. The Hall–Kier alpha value is -0.870. The van der Waals surface area contributed by atoms with Crippen LogP contribution in [-0.4, -0.2) is 46.7 Å². The first kappa shape index (κ1) is 12.2. The van der Waals surface area contributed by atoms with Crippen molar-refractivity contribution in [2.45, 2.75) is 44.7 Å². The predicted molar refractivity (Wildman–Crippen MR) is 72.7 cm³/mol. The molecule has 3 rings (SSSR count). The monoisotopic (exact) mass is 248 g/mol. The molecule has 0 bridgehead atoms. The van der Waals surface area contributed by atoms with Gasteiger partial charge in [-0.3, -0.25) is 4.90 Å². The lowest BCUT2D eigenvalue weighted by Crippen LogP contribution is -2.33. The Labute approximate surface area is 109 Å². The normalized spacial score (nSPS) is 29.2. The van der Waals surface area contributed by atoms with Gasteiger partial charge in [-0.25, -0.2) is 4.98 Å². The predicted octanol–water partition coefficient (Wildman–Crippen LogP) is 1.44. The second-order valence-electron chi connectivity index (χ2n) is 5.59. The maximum Gasteiger partial charge on any atom is 0.0948 e. The molecule has 3 heterocycles. The second kappa shape index (κ2) is 5.41. The smallest absolute Gasteiger partial charge is 0.0948 e. The molecule has 4 nitrogen and oxygen atoms in total. The molecule has 4 heteroatoms. The number of rotatable bonds is 4. The highest BCUT2D eigenvalue weighted by molar-refractivity contribution is 5.09. The zero-order chi connectivity index (χ0) is 12.4. The van der Waals surface area contributed by atoms with E-state index in [2.05, 4.69) is 32.9 Å². The van der Waals surface area contributed by atoms with Crippen molar-refractivity contribution in [3.05, 3.63) is 18.2 Å². The summed E-state index contributed by atoms with van der Waals surface area (Å²) in [6, 6.07) is 0.720. The maximum atomic E-state index is 4.38. The Morgan fingerprint density at radius 2 is 2.39 bits per heavy atom. The molecule has 2 saturated heterocycles. The van der Waals surface area contributed by atoms with Crippen LogP contribution in [0.2, 0.25) is 0 Å². The Balaban J connectivity index is 1.70. The molecule has 100 valence electrons. The quantitative estimate of drug-likeness (QED) is 0.875. The van der Waals surface area contributed by atoms with Crippen molar-refractivity contribution in [3.63, 3.8) is 0 Å². The molecule has 1 aromatic rings. The van der Waals surface area contributed by atoms with Gasteiger partial charge in [-0.05, 0) is 38.9 Å². The summed E-state index contributed by atoms with van der Waals surface area (Å²) in [5, 5.41) is 3.45. The van der Waals surface area contributed by atoms with Crippen LogP contribution in [0, 0.1) is 0 Å². The van der Waals surface area contributed by atoms with Crippen molar-refractivity contribution in [1.82, 2.24) is 19.8 Å². The number of likely N-dealkylation sites (N-methyl/N-ethyl adjacent to an activating group) is 1. The molecule has 0 saturated carbocycles. The van der Waals surface area contributed by atoms with Gasteiger partial charge in [-0.15, -0.1) is 0 Å². The van der Waals surface area contributed by atoms with E-state index in [0.29, 0.717) is 5.92 Å². The van der Waals surface area contributed by atoms with E-state index in [0.717, 1.165) is 25.7 Å². The minimum absolute atomic E-state index is 0.670. The Kier molecular flexibility index (Phi) is 3.66. The third kappa shape index (κ3) is 2.31. The van der Waals surface area contributed by atoms with Gasteiger partial charge in [0.15, 0.2) is 0 Å². The van der Waals surface area contributed by atoms with E-state index in [1.165, 1.54) is 38.0 Å². The summed E-state index contributed by atoms with van der Waals surface area (Å²) in [5.41, 5.74) is 1.43. The SMILES string of the molecule is CCN1CCCC1Cn1cncc1C1CCNC1. The third-order valence-electron chi connectivity index (χ3n) is 4.54. The first-order chi connectivity index (χ1) is 8.88. The average Bonchev–Trinajstić information content (AvgIpc) is 3.09.